The molecule has 2 amide bonds. The topological polar surface area (TPSA) is 102 Å². The number of rotatable bonds is 4. The SMILES string of the molecule is O=NN(CCF)C(=O)NC1C(O)CCCC1O. The van der Waals surface area contributed by atoms with Gasteiger partial charge in [0.15, 0.2) is 0 Å². The van der Waals surface area contributed by atoms with E-state index in [2.05, 4.69) is 10.6 Å². The normalized spacial score (nSPS) is 28.5. The van der Waals surface area contributed by atoms with Crippen molar-refractivity contribution >= 4 is 6.03 Å². The van der Waals surface area contributed by atoms with Crippen LogP contribution in [0.4, 0.5) is 9.18 Å². The van der Waals surface area contributed by atoms with Crippen LogP contribution in [-0.2, 0) is 0 Å². The largest absolute Gasteiger partial charge is 0.391 e. The molecule has 0 heterocycles. The molecule has 0 bridgehead atoms. The number of alkyl halides is 1. The molecule has 1 rings (SSSR count). The summed E-state index contributed by atoms with van der Waals surface area (Å²) in [5, 5.41) is 24.2. The molecule has 1 saturated carbocycles. The number of nitrogens with one attached hydrogen (secondary N) is 1. The van der Waals surface area contributed by atoms with Crippen LogP contribution in [-0.4, -0.2) is 52.7 Å². The summed E-state index contributed by atoms with van der Waals surface area (Å²) in [4.78, 5) is 21.7. The van der Waals surface area contributed by atoms with Gasteiger partial charge in [0.2, 0.25) is 0 Å². The summed E-state index contributed by atoms with van der Waals surface area (Å²) in [6, 6.07) is -1.76. The van der Waals surface area contributed by atoms with Crippen molar-refractivity contribution in [3.63, 3.8) is 0 Å². The Labute approximate surface area is 97.5 Å². The maximum atomic E-state index is 12.0. The van der Waals surface area contributed by atoms with Gasteiger partial charge in [-0.1, -0.05) is 0 Å². The van der Waals surface area contributed by atoms with Crippen molar-refractivity contribution in [1.29, 1.82) is 0 Å². The van der Waals surface area contributed by atoms with Crippen molar-refractivity contribution < 1.29 is 19.4 Å². The van der Waals surface area contributed by atoms with Gasteiger partial charge in [-0.15, -0.1) is 4.91 Å². The molecule has 2 atom stereocenters. The van der Waals surface area contributed by atoms with E-state index in [9.17, 15) is 24.3 Å². The van der Waals surface area contributed by atoms with Gasteiger partial charge in [-0.25, -0.2) is 9.18 Å². The first-order valence-corrected chi connectivity index (χ1v) is 5.43. The van der Waals surface area contributed by atoms with E-state index in [0.29, 0.717) is 24.3 Å². The van der Waals surface area contributed by atoms with E-state index in [-0.39, 0.29) is 0 Å². The van der Waals surface area contributed by atoms with E-state index >= 15 is 0 Å². The maximum Gasteiger partial charge on any atom is 0.340 e. The second-order valence-electron chi connectivity index (χ2n) is 3.93. The van der Waals surface area contributed by atoms with Crippen LogP contribution in [0.15, 0.2) is 5.29 Å². The fraction of sp³-hybridized carbons (Fsp3) is 0.889. The number of amides is 2. The van der Waals surface area contributed by atoms with Crippen LogP contribution in [0.2, 0.25) is 0 Å². The van der Waals surface area contributed by atoms with E-state index in [1.165, 1.54) is 0 Å². The highest BCUT2D eigenvalue weighted by molar-refractivity contribution is 5.74. The molecule has 0 aromatic heterocycles. The minimum atomic E-state index is -0.914. The van der Waals surface area contributed by atoms with Crippen LogP contribution in [0.1, 0.15) is 19.3 Å². The molecular weight excluding hydrogens is 233 g/mol. The van der Waals surface area contributed by atoms with Gasteiger partial charge in [-0.2, -0.15) is 5.01 Å². The van der Waals surface area contributed by atoms with E-state index < -0.39 is 37.5 Å². The number of nitrogens with zero attached hydrogens (tertiary/aromatic N) is 2. The number of halogens is 1. The summed E-state index contributed by atoms with van der Waals surface area (Å²) < 4.78 is 12.0. The molecule has 2 unspecified atom stereocenters. The Hall–Kier alpha value is -1.28. The zero-order chi connectivity index (χ0) is 12.8. The average Bonchev–Trinajstić information content (AvgIpc) is 2.30. The predicted molar refractivity (Wildman–Crippen MR) is 56.7 cm³/mol. The molecule has 7 nitrogen and oxygen atoms in total. The van der Waals surface area contributed by atoms with E-state index in [1.807, 2.05) is 0 Å². The third-order valence-corrected chi connectivity index (χ3v) is 2.75. The molecule has 0 aromatic carbocycles. The van der Waals surface area contributed by atoms with E-state index in [4.69, 9.17) is 0 Å². The van der Waals surface area contributed by atoms with Gasteiger partial charge in [-0.05, 0) is 19.3 Å². The van der Waals surface area contributed by atoms with Crippen LogP contribution in [0.3, 0.4) is 0 Å². The minimum Gasteiger partial charge on any atom is -0.391 e. The van der Waals surface area contributed by atoms with Crippen molar-refractivity contribution in [2.45, 2.75) is 37.5 Å². The number of carbonyl (C=O) groups excluding carboxylic acids is 1. The van der Waals surface area contributed by atoms with Gasteiger partial charge in [0, 0.05) is 0 Å². The van der Waals surface area contributed by atoms with Gasteiger partial charge >= 0.3 is 6.03 Å². The summed E-state index contributed by atoms with van der Waals surface area (Å²) in [5.41, 5.74) is 0. The number of urea groups is 1. The number of hydrogen-bond acceptors (Lipinski definition) is 5. The lowest BCUT2D eigenvalue weighted by atomic mass is 9.90. The fourth-order valence-electron chi connectivity index (χ4n) is 1.82. The lowest BCUT2D eigenvalue weighted by Crippen LogP contribution is -2.55. The smallest absolute Gasteiger partial charge is 0.340 e. The van der Waals surface area contributed by atoms with E-state index in [1.54, 1.807) is 0 Å². The van der Waals surface area contributed by atoms with Crippen LogP contribution < -0.4 is 5.32 Å². The van der Waals surface area contributed by atoms with E-state index in [0.717, 1.165) is 0 Å². The Morgan fingerprint density at radius 2 is 2.00 bits per heavy atom. The summed E-state index contributed by atoms with van der Waals surface area (Å²) in [6.07, 6.45) is -0.170. The molecule has 0 radical (unpaired) electrons. The van der Waals surface area contributed by atoms with Crippen LogP contribution in [0.25, 0.3) is 0 Å². The van der Waals surface area contributed by atoms with Gasteiger partial charge in [0.25, 0.3) is 0 Å². The standard InChI is InChI=1S/C9H16FN3O4/c10-4-5-13(12-17)9(16)11-8-6(14)2-1-3-7(8)15/h6-8,14-15H,1-5H2,(H,11,16). The molecule has 3 N–H and O–H groups in total. The van der Waals surface area contributed by atoms with Crippen LogP contribution in [0, 0.1) is 4.91 Å². The number of hydrogen-bond donors (Lipinski definition) is 3. The monoisotopic (exact) mass is 249 g/mol. The average molecular weight is 249 g/mol. The van der Waals surface area contributed by atoms with Gasteiger partial charge < -0.3 is 15.5 Å². The highest BCUT2D eigenvalue weighted by Gasteiger charge is 2.33. The second-order valence-corrected chi connectivity index (χ2v) is 3.93. The summed E-state index contributed by atoms with van der Waals surface area (Å²) >= 11 is 0. The molecule has 8 heteroatoms. The fourth-order valence-corrected chi connectivity index (χ4v) is 1.82. The Balaban J connectivity index is 2.56. The molecule has 0 saturated heterocycles. The zero-order valence-electron chi connectivity index (χ0n) is 9.25. The summed E-state index contributed by atoms with van der Waals surface area (Å²) in [5.74, 6) is 0. The molecule has 0 aromatic rings. The Morgan fingerprint density at radius 1 is 1.41 bits per heavy atom. The number of aliphatic hydroxyl groups is 2. The molecule has 1 aliphatic carbocycles. The van der Waals surface area contributed by atoms with Crippen molar-refractivity contribution in [2.24, 2.45) is 5.29 Å². The molecular formula is C9H16FN3O4. The highest BCUT2D eigenvalue weighted by Crippen LogP contribution is 2.19. The number of aliphatic hydroxyl groups excluding tert-OH is 2. The van der Waals surface area contributed by atoms with Gasteiger partial charge in [0.05, 0.1) is 30.1 Å². The molecule has 0 aliphatic heterocycles. The quantitative estimate of drug-likeness (QED) is 0.479. The Bertz CT molecular complexity index is 269. The van der Waals surface area contributed by atoms with Crippen LogP contribution >= 0.6 is 0 Å². The molecule has 1 fully saturated rings. The molecule has 17 heavy (non-hydrogen) atoms. The first-order chi connectivity index (χ1) is 8.10. The van der Waals surface area contributed by atoms with Crippen LogP contribution in [0.5, 0.6) is 0 Å². The lowest BCUT2D eigenvalue weighted by molar-refractivity contribution is 0.00407. The van der Waals surface area contributed by atoms with Gasteiger partial charge in [0.1, 0.15) is 6.67 Å². The van der Waals surface area contributed by atoms with Crippen molar-refractivity contribution in [1.82, 2.24) is 10.3 Å². The second kappa shape index (κ2) is 6.45. The minimum absolute atomic E-state index is 0.383. The third-order valence-electron chi connectivity index (χ3n) is 2.75. The highest BCUT2D eigenvalue weighted by atomic mass is 19.1. The molecule has 0 spiro atoms. The zero-order valence-corrected chi connectivity index (χ0v) is 9.25. The molecule has 1 aliphatic rings. The number of carbonyl (C=O) groups is 1. The maximum absolute atomic E-state index is 12.0. The summed E-state index contributed by atoms with van der Waals surface area (Å²) in [7, 11) is 0. The molecule has 98 valence electrons. The summed E-state index contributed by atoms with van der Waals surface area (Å²) in [6.45, 7) is -1.34. The Morgan fingerprint density at radius 3 is 2.47 bits per heavy atom. The van der Waals surface area contributed by atoms with Crippen molar-refractivity contribution in [3.05, 3.63) is 4.91 Å². The first-order valence-electron chi connectivity index (χ1n) is 5.43. The van der Waals surface area contributed by atoms with Crippen molar-refractivity contribution in [3.8, 4) is 0 Å². The lowest BCUT2D eigenvalue weighted by Gasteiger charge is -2.33. The van der Waals surface area contributed by atoms with Gasteiger partial charge in [-0.3, -0.25) is 0 Å². The first kappa shape index (κ1) is 13.8. The number of nitroso groups, excluding NO2 is 1. The predicted octanol–water partition coefficient (Wildman–Crippen LogP) is -0.0768. The Kier molecular flexibility index (Phi) is 5.23. The third kappa shape index (κ3) is 3.60. The van der Waals surface area contributed by atoms with Crippen molar-refractivity contribution in [2.75, 3.05) is 13.2 Å².